The molecule has 2 N–H and O–H groups in total. The number of rotatable bonds is 6. The van der Waals surface area contributed by atoms with Crippen LogP contribution >= 0.6 is 11.3 Å². The van der Waals surface area contributed by atoms with E-state index in [1.807, 2.05) is 23.1 Å². The van der Waals surface area contributed by atoms with Gasteiger partial charge in [-0.1, -0.05) is 18.6 Å². The van der Waals surface area contributed by atoms with Gasteiger partial charge in [-0.05, 0) is 37.8 Å². The number of piperidine rings is 1. The van der Waals surface area contributed by atoms with Crippen molar-refractivity contribution in [3.8, 4) is 0 Å². The first kappa shape index (κ1) is 21.6. The molecule has 2 aromatic rings. The summed E-state index contributed by atoms with van der Waals surface area (Å²) in [7, 11) is -3.21. The Balaban J connectivity index is 1.07. The van der Waals surface area contributed by atoms with E-state index in [2.05, 4.69) is 16.7 Å². The maximum Gasteiger partial charge on any atom is 0.315 e. The normalized spacial score (nSPS) is 27.3. The van der Waals surface area contributed by atoms with Crippen LogP contribution in [-0.2, 0) is 14.6 Å². The topological polar surface area (TPSA) is 108 Å². The van der Waals surface area contributed by atoms with Crippen molar-refractivity contribution in [1.82, 2.24) is 20.5 Å². The van der Waals surface area contributed by atoms with Gasteiger partial charge in [0.2, 0.25) is 5.91 Å². The van der Waals surface area contributed by atoms with E-state index in [0.29, 0.717) is 31.6 Å². The molecule has 0 radical (unpaired) electrons. The zero-order valence-electron chi connectivity index (χ0n) is 17.8. The summed E-state index contributed by atoms with van der Waals surface area (Å²) >= 11 is 1.75. The van der Waals surface area contributed by atoms with Gasteiger partial charge in [0.05, 0.1) is 38.3 Å². The number of unbranched alkanes of at least 4 members (excludes halogenated alkanes) is 1. The number of thiazole rings is 1. The molecule has 3 atom stereocenters. The summed E-state index contributed by atoms with van der Waals surface area (Å²) in [6.45, 7) is 1.50. The minimum atomic E-state index is -3.21. The molecule has 3 amide bonds. The number of nitrogens with zero attached hydrogens (tertiary/aromatic N) is 2. The zero-order valence-corrected chi connectivity index (χ0v) is 19.5. The lowest BCUT2D eigenvalue weighted by Crippen LogP contribution is -2.39. The Bertz CT molecular complexity index is 1090. The number of nitrogens with one attached hydrogen (secondary N) is 2. The van der Waals surface area contributed by atoms with Gasteiger partial charge in [0.1, 0.15) is 0 Å². The second kappa shape index (κ2) is 8.62. The van der Waals surface area contributed by atoms with Gasteiger partial charge >= 0.3 is 6.03 Å². The van der Waals surface area contributed by atoms with Crippen molar-refractivity contribution < 1.29 is 18.0 Å². The van der Waals surface area contributed by atoms with Gasteiger partial charge in [-0.15, -0.1) is 11.3 Å². The summed E-state index contributed by atoms with van der Waals surface area (Å²) in [6, 6.07) is 7.23. The molecule has 3 aliphatic rings. The van der Waals surface area contributed by atoms with Crippen LogP contribution in [0.5, 0.6) is 0 Å². The highest BCUT2D eigenvalue weighted by Crippen LogP contribution is 2.34. The number of carbonyl (C=O) groups excluding carboxylic acids is 2. The van der Waals surface area contributed by atoms with Crippen molar-refractivity contribution in [2.75, 3.05) is 18.8 Å². The van der Waals surface area contributed by atoms with E-state index < -0.39 is 15.1 Å². The maximum absolute atomic E-state index is 12.7. The predicted octanol–water partition coefficient (Wildman–Crippen LogP) is 2.41. The Morgan fingerprint density at radius 3 is 2.72 bits per heavy atom. The van der Waals surface area contributed by atoms with Crippen molar-refractivity contribution in [1.29, 1.82) is 0 Å². The SMILES string of the molecule is O=C1N[C@H]2[C@@H](CS(=O)(=O)[C@H]2CCCCC(=O)N2CCC(c3nc4ccccc4s3)CC2)N1. The number of fused-ring (bicyclic) bond motifs is 2. The fraction of sp³-hybridized carbons (Fsp3) is 0.591. The van der Waals surface area contributed by atoms with Crippen LogP contribution in [0, 0.1) is 0 Å². The van der Waals surface area contributed by atoms with Gasteiger partial charge in [-0.25, -0.2) is 18.2 Å². The lowest BCUT2D eigenvalue weighted by molar-refractivity contribution is -0.132. The van der Waals surface area contributed by atoms with Gasteiger partial charge in [0.15, 0.2) is 9.84 Å². The number of sulfone groups is 1. The lowest BCUT2D eigenvalue weighted by atomic mass is 9.97. The number of carbonyl (C=O) groups is 2. The van der Waals surface area contributed by atoms with Crippen molar-refractivity contribution in [2.45, 2.75) is 61.8 Å². The highest BCUT2D eigenvalue weighted by Gasteiger charge is 2.51. The third-order valence-electron chi connectivity index (χ3n) is 6.96. The molecule has 172 valence electrons. The van der Waals surface area contributed by atoms with Gasteiger partial charge in [-0.3, -0.25) is 4.79 Å². The molecule has 0 saturated carbocycles. The highest BCUT2D eigenvalue weighted by atomic mass is 32.2. The predicted molar refractivity (Wildman–Crippen MR) is 123 cm³/mol. The van der Waals surface area contributed by atoms with Gasteiger partial charge in [-0.2, -0.15) is 0 Å². The van der Waals surface area contributed by atoms with Crippen LogP contribution in [0.2, 0.25) is 0 Å². The van der Waals surface area contributed by atoms with E-state index in [0.717, 1.165) is 31.4 Å². The minimum Gasteiger partial charge on any atom is -0.343 e. The van der Waals surface area contributed by atoms with Gasteiger partial charge in [0, 0.05) is 25.4 Å². The van der Waals surface area contributed by atoms with Crippen molar-refractivity contribution in [3.05, 3.63) is 29.3 Å². The molecule has 1 aromatic carbocycles. The Kier molecular flexibility index (Phi) is 5.83. The quantitative estimate of drug-likeness (QED) is 0.492. The molecule has 0 aliphatic carbocycles. The minimum absolute atomic E-state index is 0.00358. The molecule has 32 heavy (non-hydrogen) atoms. The van der Waals surface area contributed by atoms with E-state index >= 15 is 0 Å². The van der Waals surface area contributed by atoms with Crippen molar-refractivity contribution >= 4 is 43.3 Å². The molecule has 1 aromatic heterocycles. The van der Waals surface area contributed by atoms with E-state index in [1.165, 1.54) is 9.71 Å². The number of benzene rings is 1. The molecule has 3 fully saturated rings. The molecule has 0 spiro atoms. The number of amides is 3. The number of hydrogen-bond acceptors (Lipinski definition) is 6. The number of para-hydroxylation sites is 1. The van der Waals surface area contributed by atoms with Crippen LogP contribution in [0.15, 0.2) is 24.3 Å². The average molecular weight is 477 g/mol. The summed E-state index contributed by atoms with van der Waals surface area (Å²) < 4.78 is 26.0. The lowest BCUT2D eigenvalue weighted by Gasteiger charge is -2.31. The standard InChI is InChI=1S/C22H28N4O4S2/c27-19(8-4-3-7-18-20-16(13-32(18,29)30)24-22(28)25-20)26-11-9-14(10-12-26)21-23-15-5-1-2-6-17(15)31-21/h1-2,5-6,14,16,18,20H,3-4,7-13H2,(H2,24,25,28)/t16-,18+,20+/m1/s1. The first-order chi connectivity index (χ1) is 15.4. The number of urea groups is 1. The smallest absolute Gasteiger partial charge is 0.315 e. The Morgan fingerprint density at radius 1 is 1.16 bits per heavy atom. The van der Waals surface area contributed by atoms with Crippen LogP contribution in [0.1, 0.15) is 49.5 Å². The largest absolute Gasteiger partial charge is 0.343 e. The zero-order chi connectivity index (χ0) is 22.3. The van der Waals surface area contributed by atoms with Crippen LogP contribution in [0.4, 0.5) is 4.79 Å². The molecular weight excluding hydrogens is 448 g/mol. The molecule has 8 nitrogen and oxygen atoms in total. The van der Waals surface area contributed by atoms with E-state index in [4.69, 9.17) is 4.98 Å². The van der Waals surface area contributed by atoms with E-state index in [-0.39, 0.29) is 29.8 Å². The van der Waals surface area contributed by atoms with Crippen LogP contribution in [-0.4, -0.2) is 66.4 Å². The van der Waals surface area contributed by atoms with Crippen molar-refractivity contribution in [2.24, 2.45) is 0 Å². The van der Waals surface area contributed by atoms with E-state index in [1.54, 1.807) is 11.3 Å². The van der Waals surface area contributed by atoms with Crippen LogP contribution < -0.4 is 10.6 Å². The molecule has 0 unspecified atom stereocenters. The molecule has 4 heterocycles. The molecule has 0 bridgehead atoms. The van der Waals surface area contributed by atoms with Crippen molar-refractivity contribution in [3.63, 3.8) is 0 Å². The fourth-order valence-electron chi connectivity index (χ4n) is 5.23. The Morgan fingerprint density at radius 2 is 1.94 bits per heavy atom. The number of aromatic nitrogens is 1. The first-order valence-corrected chi connectivity index (χ1v) is 13.9. The van der Waals surface area contributed by atoms with Gasteiger partial charge < -0.3 is 15.5 Å². The fourth-order valence-corrected chi connectivity index (χ4v) is 8.63. The molecular formula is C22H28N4O4S2. The molecule has 5 rings (SSSR count). The molecule has 10 heteroatoms. The summed E-state index contributed by atoms with van der Waals surface area (Å²) in [5.41, 5.74) is 1.05. The van der Waals surface area contributed by atoms with Gasteiger partial charge in [0.25, 0.3) is 0 Å². The third-order valence-corrected chi connectivity index (χ3v) is 10.4. The Labute approximate surface area is 191 Å². The second-order valence-corrected chi connectivity index (χ2v) is 12.4. The third kappa shape index (κ3) is 4.22. The first-order valence-electron chi connectivity index (χ1n) is 11.3. The molecule has 3 saturated heterocycles. The average Bonchev–Trinajstić information content (AvgIpc) is 3.41. The highest BCUT2D eigenvalue weighted by molar-refractivity contribution is 7.92. The summed E-state index contributed by atoms with van der Waals surface area (Å²) in [6.07, 6.45) is 4.12. The van der Waals surface area contributed by atoms with E-state index in [9.17, 15) is 18.0 Å². The van der Waals surface area contributed by atoms with Crippen LogP contribution in [0.25, 0.3) is 10.2 Å². The number of hydrogen-bond donors (Lipinski definition) is 2. The summed E-state index contributed by atoms with van der Waals surface area (Å²) in [5.74, 6) is 0.562. The number of likely N-dealkylation sites (tertiary alicyclic amines) is 1. The summed E-state index contributed by atoms with van der Waals surface area (Å²) in [4.78, 5) is 30.9. The second-order valence-electron chi connectivity index (χ2n) is 9.04. The Hall–Kier alpha value is -2.20. The summed E-state index contributed by atoms with van der Waals surface area (Å²) in [5, 5.41) is 6.04. The molecule has 3 aliphatic heterocycles. The maximum atomic E-state index is 12.7. The van der Waals surface area contributed by atoms with Crippen LogP contribution in [0.3, 0.4) is 0 Å². The monoisotopic (exact) mass is 476 g/mol.